The van der Waals surface area contributed by atoms with Crippen molar-refractivity contribution >= 4 is 22.5 Å². The Bertz CT molecular complexity index is 994. The van der Waals surface area contributed by atoms with E-state index in [1.807, 2.05) is 27.7 Å². The van der Waals surface area contributed by atoms with Gasteiger partial charge in [0.05, 0.1) is 22.6 Å². The van der Waals surface area contributed by atoms with E-state index in [4.69, 9.17) is 0 Å². The highest BCUT2D eigenvalue weighted by Crippen LogP contribution is 2.28. The molecule has 0 saturated heterocycles. The largest absolute Gasteiger partial charge is 0.380 e. The lowest BCUT2D eigenvalue weighted by Gasteiger charge is -2.25. The molecule has 7 heteroatoms. The molecule has 1 atom stereocenters. The Morgan fingerprint density at radius 3 is 2.50 bits per heavy atom. The molecule has 6 nitrogen and oxygen atoms in total. The maximum absolute atomic E-state index is 15.1. The Morgan fingerprint density at radius 1 is 1.19 bits per heavy atom. The van der Waals surface area contributed by atoms with Crippen molar-refractivity contribution in [3.63, 3.8) is 0 Å². The first kappa shape index (κ1) is 24.2. The SMILES string of the molecule is CCC[C@H](C)NC(=O)c1nn(C(CC)CC)c2cc(NC3CCCCC3)c(F)cc2c1=O. The van der Waals surface area contributed by atoms with Gasteiger partial charge in [-0.3, -0.25) is 14.3 Å². The summed E-state index contributed by atoms with van der Waals surface area (Å²) in [7, 11) is 0. The Hall–Kier alpha value is -2.44. The summed E-state index contributed by atoms with van der Waals surface area (Å²) in [6.45, 7) is 8.05. The summed E-state index contributed by atoms with van der Waals surface area (Å²) >= 11 is 0. The number of benzene rings is 1. The van der Waals surface area contributed by atoms with Gasteiger partial charge in [-0.25, -0.2) is 4.39 Å². The molecule has 2 aromatic rings. The van der Waals surface area contributed by atoms with E-state index in [-0.39, 0.29) is 29.2 Å². The van der Waals surface area contributed by atoms with E-state index in [0.29, 0.717) is 11.2 Å². The third-order valence-corrected chi connectivity index (χ3v) is 6.57. The lowest BCUT2D eigenvalue weighted by atomic mass is 9.95. The zero-order valence-corrected chi connectivity index (χ0v) is 19.8. The van der Waals surface area contributed by atoms with Crippen LogP contribution in [0.3, 0.4) is 0 Å². The molecule has 1 aliphatic rings. The van der Waals surface area contributed by atoms with Crippen LogP contribution in [-0.4, -0.2) is 27.8 Å². The summed E-state index contributed by atoms with van der Waals surface area (Å²) in [4.78, 5) is 26.1. The number of fused-ring (bicyclic) bond motifs is 1. The van der Waals surface area contributed by atoms with Crippen molar-refractivity contribution in [2.75, 3.05) is 5.32 Å². The second-order valence-corrected chi connectivity index (χ2v) is 9.08. The van der Waals surface area contributed by atoms with E-state index in [0.717, 1.165) is 51.4 Å². The summed E-state index contributed by atoms with van der Waals surface area (Å²) in [6, 6.07) is 3.15. The lowest BCUT2D eigenvalue weighted by molar-refractivity contribution is 0.0929. The highest BCUT2D eigenvalue weighted by atomic mass is 19.1. The summed E-state index contributed by atoms with van der Waals surface area (Å²) in [5, 5.41) is 10.9. The van der Waals surface area contributed by atoms with Crippen molar-refractivity contribution in [3.8, 4) is 0 Å². The Balaban J connectivity index is 2.10. The predicted molar refractivity (Wildman–Crippen MR) is 128 cm³/mol. The summed E-state index contributed by atoms with van der Waals surface area (Å²) in [5.41, 5.74) is 0.284. The number of rotatable bonds is 9. The number of anilines is 1. The van der Waals surface area contributed by atoms with Gasteiger partial charge < -0.3 is 10.6 Å². The highest BCUT2D eigenvalue weighted by molar-refractivity contribution is 5.96. The highest BCUT2D eigenvalue weighted by Gasteiger charge is 2.23. The van der Waals surface area contributed by atoms with E-state index >= 15 is 4.39 Å². The maximum Gasteiger partial charge on any atom is 0.276 e. The Labute approximate surface area is 190 Å². The van der Waals surface area contributed by atoms with Crippen molar-refractivity contribution in [2.24, 2.45) is 0 Å². The molecule has 176 valence electrons. The number of carbonyl (C=O) groups excluding carboxylic acids is 1. The van der Waals surface area contributed by atoms with Crippen molar-refractivity contribution < 1.29 is 9.18 Å². The molecule has 0 aliphatic heterocycles. The van der Waals surface area contributed by atoms with Gasteiger partial charge in [-0.15, -0.1) is 0 Å². The van der Waals surface area contributed by atoms with Crippen molar-refractivity contribution in [3.05, 3.63) is 33.9 Å². The molecule has 1 fully saturated rings. The quantitative estimate of drug-likeness (QED) is 0.531. The van der Waals surface area contributed by atoms with E-state index in [9.17, 15) is 9.59 Å². The van der Waals surface area contributed by atoms with Crippen LogP contribution >= 0.6 is 0 Å². The zero-order valence-electron chi connectivity index (χ0n) is 19.8. The summed E-state index contributed by atoms with van der Waals surface area (Å²) in [6.07, 6.45) is 8.85. The Morgan fingerprint density at radius 2 is 1.88 bits per heavy atom. The number of hydrogen-bond acceptors (Lipinski definition) is 4. The van der Waals surface area contributed by atoms with E-state index in [2.05, 4.69) is 15.7 Å². The van der Waals surface area contributed by atoms with E-state index in [1.54, 1.807) is 10.7 Å². The van der Waals surface area contributed by atoms with Gasteiger partial charge in [0, 0.05) is 12.1 Å². The van der Waals surface area contributed by atoms with Crippen LogP contribution in [0, 0.1) is 5.82 Å². The molecule has 1 amide bonds. The molecule has 1 aliphatic carbocycles. The van der Waals surface area contributed by atoms with Crippen LogP contribution in [0.2, 0.25) is 0 Å². The second kappa shape index (κ2) is 10.9. The molecule has 0 bridgehead atoms. The fraction of sp³-hybridized carbons (Fsp3) is 0.640. The van der Waals surface area contributed by atoms with Gasteiger partial charge in [0.25, 0.3) is 5.91 Å². The molecule has 0 radical (unpaired) electrons. The molecule has 0 unspecified atom stereocenters. The third-order valence-electron chi connectivity index (χ3n) is 6.57. The third kappa shape index (κ3) is 5.30. The number of halogens is 1. The fourth-order valence-electron chi connectivity index (χ4n) is 4.70. The fourth-order valence-corrected chi connectivity index (χ4v) is 4.70. The van der Waals surface area contributed by atoms with Gasteiger partial charge in [-0.05, 0) is 51.2 Å². The molecule has 2 N–H and O–H groups in total. The minimum Gasteiger partial charge on any atom is -0.380 e. The predicted octanol–water partition coefficient (Wildman–Crippen LogP) is 5.56. The summed E-state index contributed by atoms with van der Waals surface area (Å²) in [5.74, 6) is -0.962. The number of amides is 1. The van der Waals surface area contributed by atoms with Crippen LogP contribution in [0.25, 0.3) is 10.9 Å². The molecular formula is C25H37FN4O2. The molecule has 1 saturated carbocycles. The summed E-state index contributed by atoms with van der Waals surface area (Å²) < 4.78 is 16.8. The van der Waals surface area contributed by atoms with Crippen LogP contribution in [-0.2, 0) is 0 Å². The lowest BCUT2D eigenvalue weighted by Crippen LogP contribution is -2.37. The molecule has 1 aromatic heterocycles. The van der Waals surface area contributed by atoms with Gasteiger partial charge in [0.1, 0.15) is 5.82 Å². The smallest absolute Gasteiger partial charge is 0.276 e. The standard InChI is InChI=1S/C25H37FN4O2/c1-5-11-16(4)27-25(32)23-24(31)19-14-20(26)21(28-17-12-9-8-10-13-17)15-22(19)30(29-23)18(6-2)7-3/h14-18,28H,5-13H2,1-4H3,(H,27,32)/t16-/m0/s1. The van der Waals surface area contributed by atoms with Crippen LogP contribution in [0.5, 0.6) is 0 Å². The van der Waals surface area contributed by atoms with Gasteiger partial charge in [-0.2, -0.15) is 5.10 Å². The normalized spacial score (nSPS) is 15.8. The molecule has 1 heterocycles. The number of nitrogens with one attached hydrogen (secondary N) is 2. The van der Waals surface area contributed by atoms with Crippen LogP contribution < -0.4 is 16.1 Å². The van der Waals surface area contributed by atoms with Crippen molar-refractivity contribution in [1.29, 1.82) is 0 Å². The topological polar surface area (TPSA) is 76.0 Å². The van der Waals surface area contributed by atoms with Gasteiger partial charge >= 0.3 is 0 Å². The number of hydrogen-bond donors (Lipinski definition) is 2. The van der Waals surface area contributed by atoms with Gasteiger partial charge in [0.15, 0.2) is 5.69 Å². The van der Waals surface area contributed by atoms with E-state index < -0.39 is 17.2 Å². The average molecular weight is 445 g/mol. The monoisotopic (exact) mass is 444 g/mol. The van der Waals surface area contributed by atoms with E-state index in [1.165, 1.54) is 12.5 Å². The molecule has 32 heavy (non-hydrogen) atoms. The molecule has 0 spiro atoms. The number of carbonyl (C=O) groups is 1. The number of nitrogens with zero attached hydrogens (tertiary/aromatic N) is 2. The van der Waals surface area contributed by atoms with Gasteiger partial charge in [-0.1, -0.05) is 46.5 Å². The number of aromatic nitrogens is 2. The molecule has 3 rings (SSSR count). The van der Waals surface area contributed by atoms with Crippen LogP contribution in [0.4, 0.5) is 10.1 Å². The first-order valence-electron chi connectivity index (χ1n) is 12.2. The molecular weight excluding hydrogens is 407 g/mol. The van der Waals surface area contributed by atoms with Gasteiger partial charge in [0.2, 0.25) is 5.43 Å². The zero-order chi connectivity index (χ0) is 23.3. The minimum atomic E-state index is -0.522. The first-order valence-corrected chi connectivity index (χ1v) is 12.2. The average Bonchev–Trinajstić information content (AvgIpc) is 2.77. The minimum absolute atomic E-state index is 0.00528. The first-order chi connectivity index (χ1) is 15.4. The Kier molecular flexibility index (Phi) is 8.26. The second-order valence-electron chi connectivity index (χ2n) is 9.08. The van der Waals surface area contributed by atoms with Crippen LogP contribution in [0.15, 0.2) is 16.9 Å². The van der Waals surface area contributed by atoms with Crippen molar-refractivity contribution in [1.82, 2.24) is 15.1 Å². The van der Waals surface area contributed by atoms with Crippen molar-refractivity contribution in [2.45, 2.75) is 104 Å². The molecule has 1 aromatic carbocycles. The van der Waals surface area contributed by atoms with Crippen LogP contribution in [0.1, 0.15) is 102 Å². The maximum atomic E-state index is 15.1.